The average molecular weight is 530 g/mol. The summed E-state index contributed by atoms with van der Waals surface area (Å²) in [6, 6.07) is 12.5. The molecule has 3 aromatic rings. The lowest BCUT2D eigenvalue weighted by Gasteiger charge is -2.15. The molecule has 0 spiro atoms. The fourth-order valence-corrected chi connectivity index (χ4v) is 3.51. The molecule has 0 bridgehead atoms. The Kier molecular flexibility index (Phi) is 6.90. The lowest BCUT2D eigenvalue weighted by molar-refractivity contribution is -0.167. The molecule has 0 saturated heterocycles. The molecule has 0 aliphatic heterocycles. The van der Waals surface area contributed by atoms with Gasteiger partial charge in [-0.25, -0.2) is 4.39 Å². The van der Waals surface area contributed by atoms with E-state index in [1.165, 1.54) is 48.5 Å². The highest BCUT2D eigenvalue weighted by Gasteiger charge is 2.39. The van der Waals surface area contributed by atoms with Crippen LogP contribution in [0.2, 0.25) is 5.02 Å². The Labute approximate surface area is 193 Å². The molecule has 0 fully saturated rings. The Hall–Kier alpha value is -2.91. The number of halogens is 6. The molecular formula is C22H14BrClF4N2O2. The van der Waals surface area contributed by atoms with Crippen LogP contribution >= 0.6 is 27.5 Å². The van der Waals surface area contributed by atoms with E-state index in [4.69, 9.17) is 11.6 Å². The first-order chi connectivity index (χ1) is 15.0. The SMILES string of the molecule is Cc1cc(F)ccc1C(=O)c1ccc(Nc2ccc(Br)cc2NC(=O)C(F)(F)F)cc1Cl. The molecule has 0 aliphatic carbocycles. The van der Waals surface area contributed by atoms with Gasteiger partial charge in [-0.05, 0) is 67.1 Å². The van der Waals surface area contributed by atoms with Crippen LogP contribution in [0.5, 0.6) is 0 Å². The summed E-state index contributed by atoms with van der Waals surface area (Å²) in [6.07, 6.45) is -5.05. The first kappa shape index (κ1) is 23.7. The van der Waals surface area contributed by atoms with E-state index < -0.39 is 23.7 Å². The van der Waals surface area contributed by atoms with Crippen LogP contribution in [0.15, 0.2) is 59.1 Å². The van der Waals surface area contributed by atoms with Gasteiger partial charge in [-0.2, -0.15) is 13.2 Å². The van der Waals surface area contributed by atoms with E-state index in [9.17, 15) is 27.2 Å². The number of hydrogen-bond acceptors (Lipinski definition) is 3. The van der Waals surface area contributed by atoms with E-state index in [0.29, 0.717) is 21.3 Å². The number of alkyl halides is 3. The molecule has 0 aromatic heterocycles. The van der Waals surface area contributed by atoms with Gasteiger partial charge in [0.05, 0.1) is 16.4 Å². The summed E-state index contributed by atoms with van der Waals surface area (Å²) in [5.74, 6) is -2.99. The predicted octanol–water partition coefficient (Wildman–Crippen LogP) is 7.03. The van der Waals surface area contributed by atoms with Crippen LogP contribution < -0.4 is 10.6 Å². The van der Waals surface area contributed by atoms with Crippen LogP contribution in [0.3, 0.4) is 0 Å². The van der Waals surface area contributed by atoms with Crippen LogP contribution in [-0.4, -0.2) is 17.9 Å². The van der Waals surface area contributed by atoms with Gasteiger partial charge in [-0.3, -0.25) is 9.59 Å². The number of carbonyl (C=O) groups is 2. The number of ketones is 1. The van der Waals surface area contributed by atoms with Crippen molar-refractivity contribution in [3.05, 3.63) is 86.6 Å². The highest BCUT2D eigenvalue weighted by atomic mass is 79.9. The second-order valence-corrected chi connectivity index (χ2v) is 8.07. The number of rotatable bonds is 5. The molecule has 10 heteroatoms. The van der Waals surface area contributed by atoms with Gasteiger partial charge in [0.25, 0.3) is 0 Å². The first-order valence-corrected chi connectivity index (χ1v) is 10.2. The molecule has 0 heterocycles. The van der Waals surface area contributed by atoms with Gasteiger partial charge in [0.15, 0.2) is 5.78 Å². The zero-order valence-corrected chi connectivity index (χ0v) is 18.6. The Morgan fingerprint density at radius 3 is 2.25 bits per heavy atom. The van der Waals surface area contributed by atoms with Gasteiger partial charge >= 0.3 is 12.1 Å². The molecular weight excluding hydrogens is 516 g/mol. The Morgan fingerprint density at radius 2 is 1.62 bits per heavy atom. The van der Waals surface area contributed by atoms with Crippen LogP contribution in [0.4, 0.5) is 34.6 Å². The predicted molar refractivity (Wildman–Crippen MR) is 118 cm³/mol. The normalized spacial score (nSPS) is 11.2. The fraction of sp³-hybridized carbons (Fsp3) is 0.0909. The van der Waals surface area contributed by atoms with Gasteiger partial charge < -0.3 is 10.6 Å². The number of carbonyl (C=O) groups excluding carboxylic acids is 2. The van der Waals surface area contributed by atoms with Crippen LogP contribution in [0, 0.1) is 12.7 Å². The second-order valence-electron chi connectivity index (χ2n) is 6.75. The molecule has 0 unspecified atom stereocenters. The van der Waals surface area contributed by atoms with Crippen molar-refractivity contribution in [3.8, 4) is 0 Å². The largest absolute Gasteiger partial charge is 0.471 e. The third kappa shape index (κ3) is 5.46. The quantitative estimate of drug-likeness (QED) is 0.276. The molecule has 166 valence electrons. The number of amides is 1. The highest BCUT2D eigenvalue weighted by Crippen LogP contribution is 2.32. The first-order valence-electron chi connectivity index (χ1n) is 9.01. The number of hydrogen-bond donors (Lipinski definition) is 2. The lowest BCUT2D eigenvalue weighted by Crippen LogP contribution is -2.30. The van der Waals surface area contributed by atoms with Gasteiger partial charge in [-0.1, -0.05) is 27.5 Å². The van der Waals surface area contributed by atoms with Gasteiger partial charge in [0, 0.05) is 21.3 Å². The Balaban J connectivity index is 1.88. The Bertz CT molecular complexity index is 1220. The van der Waals surface area contributed by atoms with Crippen LogP contribution in [-0.2, 0) is 4.79 Å². The van der Waals surface area contributed by atoms with E-state index in [1.54, 1.807) is 13.0 Å². The van der Waals surface area contributed by atoms with Crippen molar-refractivity contribution in [1.29, 1.82) is 0 Å². The zero-order chi connectivity index (χ0) is 23.6. The monoisotopic (exact) mass is 528 g/mol. The lowest BCUT2D eigenvalue weighted by atomic mass is 9.99. The van der Waals surface area contributed by atoms with Gasteiger partial charge in [0.2, 0.25) is 0 Å². The summed E-state index contributed by atoms with van der Waals surface area (Å²) in [5, 5.41) is 4.77. The summed E-state index contributed by atoms with van der Waals surface area (Å²) < 4.78 is 51.7. The second kappa shape index (κ2) is 9.30. The topological polar surface area (TPSA) is 58.2 Å². The van der Waals surface area contributed by atoms with Crippen molar-refractivity contribution in [2.45, 2.75) is 13.1 Å². The summed E-state index contributed by atoms with van der Waals surface area (Å²) in [6.45, 7) is 1.60. The average Bonchev–Trinajstić information content (AvgIpc) is 2.69. The molecule has 0 saturated carbocycles. The Morgan fingerprint density at radius 1 is 0.938 bits per heavy atom. The molecule has 3 rings (SSSR count). The third-order valence-electron chi connectivity index (χ3n) is 4.41. The number of nitrogens with one attached hydrogen (secondary N) is 2. The van der Waals surface area contributed by atoms with Crippen LogP contribution in [0.25, 0.3) is 0 Å². The van der Waals surface area contributed by atoms with Crippen molar-refractivity contribution < 1.29 is 27.2 Å². The van der Waals surface area contributed by atoms with E-state index in [1.807, 2.05) is 5.32 Å². The summed E-state index contributed by atoms with van der Waals surface area (Å²) in [7, 11) is 0. The molecule has 1 amide bonds. The van der Waals surface area contributed by atoms with Crippen LogP contribution in [0.1, 0.15) is 21.5 Å². The molecule has 0 atom stereocenters. The molecule has 32 heavy (non-hydrogen) atoms. The minimum atomic E-state index is -5.05. The maximum Gasteiger partial charge on any atom is 0.471 e. The maximum atomic E-state index is 13.3. The maximum absolute atomic E-state index is 13.3. The van der Waals surface area contributed by atoms with Gasteiger partial charge in [-0.15, -0.1) is 0 Å². The van der Waals surface area contributed by atoms with Crippen molar-refractivity contribution in [2.24, 2.45) is 0 Å². The summed E-state index contributed by atoms with van der Waals surface area (Å²) >= 11 is 9.42. The van der Waals surface area contributed by atoms with Gasteiger partial charge in [0.1, 0.15) is 5.82 Å². The van der Waals surface area contributed by atoms with E-state index in [0.717, 1.165) is 0 Å². The van der Waals surface area contributed by atoms with E-state index in [-0.39, 0.29) is 22.0 Å². The summed E-state index contributed by atoms with van der Waals surface area (Å²) in [4.78, 5) is 24.1. The zero-order valence-electron chi connectivity index (χ0n) is 16.3. The van der Waals surface area contributed by atoms with E-state index >= 15 is 0 Å². The molecule has 0 aliphatic rings. The van der Waals surface area contributed by atoms with E-state index in [2.05, 4.69) is 21.2 Å². The molecule has 3 aromatic carbocycles. The van der Waals surface area contributed by atoms with Crippen molar-refractivity contribution in [1.82, 2.24) is 0 Å². The minimum Gasteiger partial charge on any atom is -0.354 e. The number of anilines is 3. The highest BCUT2D eigenvalue weighted by molar-refractivity contribution is 9.10. The standard InChI is InChI=1S/C22H14BrClF4N2O2/c1-11-8-13(25)3-5-15(11)20(31)16-6-4-14(10-17(16)24)29-18-7-2-12(23)9-19(18)30-21(32)22(26,27)28/h2-10,29H,1H3,(H,30,32). The smallest absolute Gasteiger partial charge is 0.354 e. The number of benzene rings is 3. The van der Waals surface area contributed by atoms with Crippen molar-refractivity contribution in [2.75, 3.05) is 10.6 Å². The molecule has 4 nitrogen and oxygen atoms in total. The molecule has 0 radical (unpaired) electrons. The molecule has 2 N–H and O–H groups in total. The summed E-state index contributed by atoms with van der Waals surface area (Å²) in [5.41, 5.74) is 1.35. The third-order valence-corrected chi connectivity index (χ3v) is 5.22. The number of aryl methyl sites for hydroxylation is 1. The minimum absolute atomic E-state index is 0.0849. The van der Waals surface area contributed by atoms with Crippen molar-refractivity contribution >= 4 is 56.3 Å². The van der Waals surface area contributed by atoms with Crippen molar-refractivity contribution in [3.63, 3.8) is 0 Å². The fourth-order valence-electron chi connectivity index (χ4n) is 2.88.